The molecular weight excluding hydrogens is 393 g/mol. The van der Waals surface area contributed by atoms with Gasteiger partial charge in [-0.25, -0.2) is 0 Å². The second-order valence-electron chi connectivity index (χ2n) is 7.11. The van der Waals surface area contributed by atoms with Crippen LogP contribution in [-0.4, -0.2) is 48.2 Å². The van der Waals surface area contributed by atoms with Crippen molar-refractivity contribution >= 4 is 23.5 Å². The third-order valence-electron chi connectivity index (χ3n) is 4.97. The fraction of sp³-hybridized carbons (Fsp3) is 0.526. The second-order valence-corrected chi connectivity index (χ2v) is 7.11. The van der Waals surface area contributed by atoms with Gasteiger partial charge in [0.15, 0.2) is 6.61 Å². The minimum Gasteiger partial charge on any atom is -0.455 e. The molecule has 1 saturated heterocycles. The molecule has 10 heteroatoms. The van der Waals surface area contributed by atoms with E-state index in [-0.39, 0.29) is 24.1 Å². The third kappa shape index (κ3) is 5.85. The van der Waals surface area contributed by atoms with Gasteiger partial charge < -0.3 is 19.7 Å². The van der Waals surface area contributed by atoms with E-state index in [1.54, 1.807) is 4.90 Å². The molecule has 0 aromatic heterocycles. The monoisotopic (exact) mass is 414 g/mol. The molecule has 2 fully saturated rings. The lowest BCUT2D eigenvalue weighted by Gasteiger charge is -2.23. The Morgan fingerprint density at radius 1 is 1.14 bits per heavy atom. The van der Waals surface area contributed by atoms with Crippen LogP contribution in [0.25, 0.3) is 0 Å². The Kier molecular flexibility index (Phi) is 6.29. The van der Waals surface area contributed by atoms with E-state index in [0.29, 0.717) is 6.54 Å². The third-order valence-corrected chi connectivity index (χ3v) is 4.97. The normalized spacial score (nSPS) is 20.0. The van der Waals surface area contributed by atoms with E-state index in [1.165, 1.54) is 12.1 Å². The van der Waals surface area contributed by atoms with Gasteiger partial charge >= 0.3 is 12.3 Å². The number of hydrogen-bond donors (Lipinski definition) is 1. The van der Waals surface area contributed by atoms with Crippen molar-refractivity contribution in [2.75, 3.05) is 18.5 Å². The largest absolute Gasteiger partial charge is 0.573 e. The van der Waals surface area contributed by atoms with E-state index in [1.807, 2.05) is 0 Å². The maximum atomic E-state index is 12.2. The van der Waals surface area contributed by atoms with Gasteiger partial charge in [-0.1, -0.05) is 12.8 Å². The molecular formula is C19H21F3N2O5. The molecule has 29 heavy (non-hydrogen) atoms. The molecule has 1 N–H and O–H groups in total. The zero-order valence-corrected chi connectivity index (χ0v) is 15.5. The quantitative estimate of drug-likeness (QED) is 0.724. The second kappa shape index (κ2) is 8.71. The molecule has 7 nitrogen and oxygen atoms in total. The van der Waals surface area contributed by atoms with Gasteiger partial charge in [-0.3, -0.25) is 14.4 Å². The molecule has 1 atom stereocenters. The lowest BCUT2D eigenvalue weighted by Crippen LogP contribution is -2.35. The first kappa shape index (κ1) is 20.9. The summed E-state index contributed by atoms with van der Waals surface area (Å²) in [6, 6.07) is 4.76. The van der Waals surface area contributed by atoms with Crippen LogP contribution < -0.4 is 10.1 Å². The standard InChI is InChI=1S/C19H21F3N2O5/c20-19(21,22)29-15-7-5-13(6-8-15)23-16(25)11-28-18(27)12-9-17(26)24(10-12)14-3-1-2-4-14/h5-8,12,14H,1-4,9-11H2,(H,23,25)/t12-/m1/s1. The molecule has 1 aromatic rings. The number of alkyl halides is 3. The Morgan fingerprint density at radius 2 is 1.79 bits per heavy atom. The Labute approximate surface area is 165 Å². The predicted molar refractivity (Wildman–Crippen MR) is 94.8 cm³/mol. The molecule has 1 aliphatic carbocycles. The Balaban J connectivity index is 1.43. The van der Waals surface area contributed by atoms with Gasteiger partial charge in [0, 0.05) is 24.7 Å². The molecule has 0 unspecified atom stereocenters. The van der Waals surface area contributed by atoms with Gasteiger partial charge in [-0.15, -0.1) is 13.2 Å². The summed E-state index contributed by atoms with van der Waals surface area (Å²) in [5.74, 6) is -2.32. The van der Waals surface area contributed by atoms with Crippen LogP contribution in [0.1, 0.15) is 32.1 Å². The molecule has 1 aliphatic heterocycles. The Bertz CT molecular complexity index is 760. The maximum Gasteiger partial charge on any atom is 0.573 e. The van der Waals surface area contributed by atoms with Crippen LogP contribution >= 0.6 is 0 Å². The van der Waals surface area contributed by atoms with Gasteiger partial charge in [0.25, 0.3) is 5.91 Å². The number of likely N-dealkylation sites (tertiary alicyclic amines) is 1. The number of nitrogens with zero attached hydrogens (tertiary/aromatic N) is 1. The number of carbonyl (C=O) groups excluding carboxylic acids is 3. The fourth-order valence-corrected chi connectivity index (χ4v) is 3.65. The van der Waals surface area contributed by atoms with Crippen molar-refractivity contribution in [3.8, 4) is 5.75 Å². The highest BCUT2D eigenvalue weighted by Crippen LogP contribution is 2.30. The van der Waals surface area contributed by atoms with E-state index in [9.17, 15) is 27.6 Å². The van der Waals surface area contributed by atoms with Crippen LogP contribution in [0, 0.1) is 5.92 Å². The smallest absolute Gasteiger partial charge is 0.455 e. The number of anilines is 1. The molecule has 2 amide bonds. The molecule has 3 rings (SSSR count). The first-order valence-electron chi connectivity index (χ1n) is 9.33. The fourth-order valence-electron chi connectivity index (χ4n) is 3.65. The Morgan fingerprint density at radius 3 is 2.41 bits per heavy atom. The van der Waals surface area contributed by atoms with Crippen LogP contribution in [-0.2, 0) is 19.1 Å². The number of benzene rings is 1. The summed E-state index contributed by atoms with van der Waals surface area (Å²) in [5.41, 5.74) is 0.226. The number of carbonyl (C=O) groups is 3. The van der Waals surface area contributed by atoms with Gasteiger partial charge in [-0.05, 0) is 37.1 Å². The number of rotatable bonds is 6. The number of amides is 2. The summed E-state index contributed by atoms with van der Waals surface area (Å²) in [6.45, 7) is -0.238. The van der Waals surface area contributed by atoms with Crippen molar-refractivity contribution in [2.45, 2.75) is 44.5 Å². The highest BCUT2D eigenvalue weighted by atomic mass is 19.4. The molecule has 1 aromatic carbocycles. The lowest BCUT2D eigenvalue weighted by atomic mass is 10.1. The van der Waals surface area contributed by atoms with Crippen LogP contribution in [0.2, 0.25) is 0 Å². The van der Waals surface area contributed by atoms with E-state index < -0.39 is 36.5 Å². The van der Waals surface area contributed by atoms with Gasteiger partial charge in [0.1, 0.15) is 5.75 Å². The minimum absolute atomic E-state index is 0.0653. The van der Waals surface area contributed by atoms with E-state index in [0.717, 1.165) is 37.8 Å². The van der Waals surface area contributed by atoms with Crippen molar-refractivity contribution < 1.29 is 37.0 Å². The lowest BCUT2D eigenvalue weighted by molar-refractivity contribution is -0.274. The summed E-state index contributed by atoms with van der Waals surface area (Å²) in [5, 5.41) is 2.41. The van der Waals surface area contributed by atoms with Crippen molar-refractivity contribution in [1.82, 2.24) is 4.90 Å². The molecule has 0 bridgehead atoms. The van der Waals surface area contributed by atoms with Gasteiger partial charge in [0.2, 0.25) is 5.91 Å². The molecule has 2 aliphatic rings. The first-order chi connectivity index (χ1) is 13.7. The maximum absolute atomic E-state index is 12.2. The number of nitrogens with one attached hydrogen (secondary N) is 1. The van der Waals surface area contributed by atoms with E-state index in [2.05, 4.69) is 10.1 Å². The van der Waals surface area contributed by atoms with Crippen molar-refractivity contribution in [3.63, 3.8) is 0 Å². The van der Waals surface area contributed by atoms with Crippen LogP contribution in [0.15, 0.2) is 24.3 Å². The molecule has 0 radical (unpaired) electrons. The molecule has 1 heterocycles. The van der Waals surface area contributed by atoms with Crippen LogP contribution in [0.5, 0.6) is 5.75 Å². The van der Waals surface area contributed by atoms with E-state index >= 15 is 0 Å². The zero-order valence-electron chi connectivity index (χ0n) is 15.5. The van der Waals surface area contributed by atoms with Crippen LogP contribution in [0.3, 0.4) is 0 Å². The summed E-state index contributed by atoms with van der Waals surface area (Å²) in [6.07, 6.45) is -0.670. The van der Waals surface area contributed by atoms with Gasteiger partial charge in [0.05, 0.1) is 5.92 Å². The Hall–Kier alpha value is -2.78. The first-order valence-corrected chi connectivity index (χ1v) is 9.33. The predicted octanol–water partition coefficient (Wildman–Crippen LogP) is 2.86. The molecule has 158 valence electrons. The van der Waals surface area contributed by atoms with Crippen molar-refractivity contribution in [1.29, 1.82) is 0 Å². The SMILES string of the molecule is O=C(COC(=O)[C@@H]1CC(=O)N(C2CCCC2)C1)Nc1ccc(OC(F)(F)F)cc1. The summed E-state index contributed by atoms with van der Waals surface area (Å²) in [7, 11) is 0. The highest BCUT2D eigenvalue weighted by molar-refractivity contribution is 5.93. The number of ether oxygens (including phenoxy) is 2. The summed E-state index contributed by atoms with van der Waals surface area (Å²) >= 11 is 0. The number of esters is 1. The van der Waals surface area contributed by atoms with E-state index in [4.69, 9.17) is 4.74 Å². The highest BCUT2D eigenvalue weighted by Gasteiger charge is 2.39. The van der Waals surface area contributed by atoms with Crippen molar-refractivity contribution in [3.05, 3.63) is 24.3 Å². The minimum atomic E-state index is -4.80. The zero-order chi connectivity index (χ0) is 21.0. The average Bonchev–Trinajstić information content (AvgIpc) is 3.29. The topological polar surface area (TPSA) is 84.9 Å². The van der Waals surface area contributed by atoms with Crippen molar-refractivity contribution in [2.24, 2.45) is 5.92 Å². The summed E-state index contributed by atoms with van der Waals surface area (Å²) < 4.78 is 45.1. The summed E-state index contributed by atoms with van der Waals surface area (Å²) in [4.78, 5) is 38.0. The van der Waals surface area contributed by atoms with Gasteiger partial charge in [-0.2, -0.15) is 0 Å². The molecule has 0 spiro atoms. The number of hydrogen-bond acceptors (Lipinski definition) is 5. The number of halogens is 3. The van der Waals surface area contributed by atoms with Crippen LogP contribution in [0.4, 0.5) is 18.9 Å². The average molecular weight is 414 g/mol. The molecule has 1 saturated carbocycles.